The quantitative estimate of drug-likeness (QED) is 0.269. The Bertz CT molecular complexity index is 483. The first-order chi connectivity index (χ1) is 11.4. The normalized spacial score (nSPS) is 10.9. The van der Waals surface area contributed by atoms with Crippen LogP contribution in [0.2, 0.25) is 0 Å². The van der Waals surface area contributed by atoms with Crippen LogP contribution >= 0.6 is 0 Å². The maximum Gasteiger partial charge on any atom is 0.338 e. The molecular weight excluding hydrogens is 320 g/mol. The summed E-state index contributed by atoms with van der Waals surface area (Å²) in [6.45, 7) is 0.0726. The van der Waals surface area contributed by atoms with Crippen LogP contribution in [0.5, 0.6) is 0 Å². The number of hydrogen-bond acceptors (Lipinski definition) is 8. The highest BCUT2D eigenvalue weighted by Crippen LogP contribution is 2.09. The number of ether oxygens (including phenoxy) is 2. The topological polar surface area (TPSA) is 134 Å². The third-order valence-electron chi connectivity index (χ3n) is 3.01. The number of rotatable bonds is 10. The lowest BCUT2D eigenvalue weighted by molar-refractivity contribution is -0.0498. The monoisotopic (exact) mass is 342 g/mol. The maximum atomic E-state index is 11.8. The Labute approximate surface area is 139 Å². The zero-order valence-electron chi connectivity index (χ0n) is 13.1. The van der Waals surface area contributed by atoms with Gasteiger partial charge in [0.15, 0.2) is 12.6 Å². The smallest absolute Gasteiger partial charge is 0.338 e. The average molecular weight is 342 g/mol. The van der Waals surface area contributed by atoms with Crippen LogP contribution in [0.25, 0.3) is 0 Å². The SMILES string of the molecule is O=C(OCCCC(O)O)c1cccc(C(=O)OCCCC(O)O)c1. The molecule has 134 valence electrons. The predicted octanol–water partition coefficient (Wildman–Crippen LogP) is 0.182. The predicted molar refractivity (Wildman–Crippen MR) is 81.9 cm³/mol. The molecule has 0 aliphatic carbocycles. The number of carbonyl (C=O) groups is 2. The minimum absolute atomic E-state index is 0.0363. The van der Waals surface area contributed by atoms with Gasteiger partial charge in [0.25, 0.3) is 0 Å². The first-order valence-corrected chi connectivity index (χ1v) is 7.56. The molecule has 0 saturated heterocycles. The summed E-state index contributed by atoms with van der Waals surface area (Å²) in [5.41, 5.74) is 0.361. The molecule has 0 unspecified atom stereocenters. The summed E-state index contributed by atoms with van der Waals surface area (Å²) in [5.74, 6) is -1.25. The lowest BCUT2D eigenvalue weighted by Crippen LogP contribution is -2.12. The van der Waals surface area contributed by atoms with Gasteiger partial charge >= 0.3 is 11.9 Å². The van der Waals surface area contributed by atoms with Gasteiger partial charge in [0.05, 0.1) is 24.3 Å². The van der Waals surface area contributed by atoms with Crippen LogP contribution in [0.3, 0.4) is 0 Å². The third kappa shape index (κ3) is 8.02. The summed E-state index contributed by atoms with van der Waals surface area (Å²) >= 11 is 0. The van der Waals surface area contributed by atoms with Gasteiger partial charge < -0.3 is 29.9 Å². The molecule has 0 amide bonds. The Kier molecular flexibility index (Phi) is 8.95. The number of benzene rings is 1. The van der Waals surface area contributed by atoms with Crippen molar-refractivity contribution < 1.29 is 39.5 Å². The Balaban J connectivity index is 2.47. The van der Waals surface area contributed by atoms with E-state index in [0.717, 1.165) is 0 Å². The van der Waals surface area contributed by atoms with Crippen LogP contribution in [0.4, 0.5) is 0 Å². The molecule has 1 rings (SSSR count). The zero-order valence-corrected chi connectivity index (χ0v) is 13.1. The van der Waals surface area contributed by atoms with E-state index in [1.165, 1.54) is 24.3 Å². The summed E-state index contributed by atoms with van der Waals surface area (Å²) in [5, 5.41) is 34.7. The molecule has 8 heteroatoms. The van der Waals surface area contributed by atoms with E-state index in [9.17, 15) is 9.59 Å². The molecule has 4 N–H and O–H groups in total. The summed E-state index contributed by atoms with van der Waals surface area (Å²) in [4.78, 5) is 23.7. The lowest BCUT2D eigenvalue weighted by atomic mass is 10.1. The minimum Gasteiger partial charge on any atom is -0.462 e. The van der Waals surface area contributed by atoms with Gasteiger partial charge in [0.1, 0.15) is 0 Å². The van der Waals surface area contributed by atoms with Crippen molar-refractivity contribution in [1.82, 2.24) is 0 Å². The minimum atomic E-state index is -1.44. The van der Waals surface area contributed by atoms with E-state index in [1.54, 1.807) is 0 Å². The standard InChI is InChI=1S/C16H22O8/c17-13(18)6-2-8-23-15(21)11-4-1-5-12(10-11)16(22)24-9-3-7-14(19)20/h1,4-5,10,13-14,17-20H,2-3,6-9H2. The van der Waals surface area contributed by atoms with Crippen LogP contribution in [0.1, 0.15) is 46.4 Å². The number of aliphatic hydroxyl groups excluding tert-OH is 2. The number of aliphatic hydroxyl groups is 4. The second kappa shape index (κ2) is 10.7. The number of carbonyl (C=O) groups excluding carboxylic acids is 2. The summed E-state index contributed by atoms with van der Waals surface area (Å²) in [6.07, 6.45) is -2.06. The molecule has 1 aromatic carbocycles. The molecule has 0 heterocycles. The largest absolute Gasteiger partial charge is 0.462 e. The van der Waals surface area contributed by atoms with Gasteiger partial charge in [-0.15, -0.1) is 0 Å². The second-order valence-electron chi connectivity index (χ2n) is 5.10. The van der Waals surface area contributed by atoms with Crippen molar-refractivity contribution >= 4 is 11.9 Å². The fourth-order valence-corrected chi connectivity index (χ4v) is 1.80. The average Bonchev–Trinajstić information content (AvgIpc) is 2.55. The summed E-state index contributed by atoms with van der Waals surface area (Å²) in [6, 6.07) is 5.83. The first kappa shape index (κ1) is 20.0. The molecule has 1 aromatic rings. The van der Waals surface area contributed by atoms with E-state index >= 15 is 0 Å². The highest BCUT2D eigenvalue weighted by Gasteiger charge is 2.13. The molecule has 0 fully saturated rings. The van der Waals surface area contributed by atoms with Gasteiger partial charge in [-0.05, 0) is 31.0 Å². The van der Waals surface area contributed by atoms with Crippen molar-refractivity contribution in [2.45, 2.75) is 38.3 Å². The first-order valence-electron chi connectivity index (χ1n) is 7.56. The van der Waals surface area contributed by atoms with Gasteiger partial charge in [-0.2, -0.15) is 0 Å². The van der Waals surface area contributed by atoms with Crippen LogP contribution in [0.15, 0.2) is 24.3 Å². The van der Waals surface area contributed by atoms with Gasteiger partial charge in [0, 0.05) is 12.8 Å². The Morgan fingerprint density at radius 2 is 1.25 bits per heavy atom. The van der Waals surface area contributed by atoms with Gasteiger partial charge in [0.2, 0.25) is 0 Å². The zero-order chi connectivity index (χ0) is 17.9. The lowest BCUT2D eigenvalue weighted by Gasteiger charge is -2.08. The molecule has 0 saturated carbocycles. The molecule has 0 aliphatic rings. The fourth-order valence-electron chi connectivity index (χ4n) is 1.80. The van der Waals surface area contributed by atoms with E-state index in [4.69, 9.17) is 29.9 Å². The van der Waals surface area contributed by atoms with Crippen molar-refractivity contribution in [3.8, 4) is 0 Å². The maximum absolute atomic E-state index is 11.8. The highest BCUT2D eigenvalue weighted by molar-refractivity contribution is 5.95. The number of esters is 2. The molecule has 0 aliphatic heterocycles. The second-order valence-corrected chi connectivity index (χ2v) is 5.10. The van der Waals surface area contributed by atoms with Crippen LogP contribution in [-0.4, -0.2) is 58.2 Å². The van der Waals surface area contributed by atoms with Crippen molar-refractivity contribution in [2.24, 2.45) is 0 Å². The molecule has 8 nitrogen and oxygen atoms in total. The third-order valence-corrected chi connectivity index (χ3v) is 3.01. The van der Waals surface area contributed by atoms with Gasteiger partial charge in [-0.1, -0.05) is 6.07 Å². The van der Waals surface area contributed by atoms with Crippen molar-refractivity contribution in [3.05, 3.63) is 35.4 Å². The van der Waals surface area contributed by atoms with E-state index in [-0.39, 0.29) is 37.2 Å². The molecule has 0 aromatic heterocycles. The highest BCUT2D eigenvalue weighted by atomic mass is 16.5. The fraction of sp³-hybridized carbons (Fsp3) is 0.500. The number of hydrogen-bond donors (Lipinski definition) is 4. The van der Waals surface area contributed by atoms with E-state index in [0.29, 0.717) is 12.8 Å². The Morgan fingerprint density at radius 1 is 0.833 bits per heavy atom. The van der Waals surface area contributed by atoms with Gasteiger partial charge in [-0.25, -0.2) is 9.59 Å². The van der Waals surface area contributed by atoms with E-state index in [2.05, 4.69) is 0 Å². The molecule has 0 atom stereocenters. The van der Waals surface area contributed by atoms with E-state index in [1.807, 2.05) is 0 Å². The van der Waals surface area contributed by atoms with E-state index < -0.39 is 24.5 Å². The summed E-state index contributed by atoms with van der Waals surface area (Å²) < 4.78 is 9.94. The van der Waals surface area contributed by atoms with Crippen LogP contribution in [-0.2, 0) is 9.47 Å². The Morgan fingerprint density at radius 3 is 1.62 bits per heavy atom. The van der Waals surface area contributed by atoms with Crippen LogP contribution in [0, 0.1) is 0 Å². The molecule has 0 spiro atoms. The molecule has 0 bridgehead atoms. The van der Waals surface area contributed by atoms with Gasteiger partial charge in [-0.3, -0.25) is 0 Å². The van der Waals surface area contributed by atoms with Crippen molar-refractivity contribution in [1.29, 1.82) is 0 Å². The molecular formula is C16H22O8. The molecule has 0 radical (unpaired) electrons. The Hall–Kier alpha value is -2.00. The summed E-state index contributed by atoms with van der Waals surface area (Å²) in [7, 11) is 0. The molecule has 24 heavy (non-hydrogen) atoms. The van der Waals surface area contributed by atoms with Crippen molar-refractivity contribution in [2.75, 3.05) is 13.2 Å². The van der Waals surface area contributed by atoms with Crippen molar-refractivity contribution in [3.63, 3.8) is 0 Å². The van der Waals surface area contributed by atoms with Crippen LogP contribution < -0.4 is 0 Å².